The number of ether oxygens (including phenoxy) is 1. The largest absolute Gasteiger partial charge is 0.497 e. The van der Waals surface area contributed by atoms with E-state index < -0.39 is 18.1 Å². The molecule has 2 aromatic rings. The van der Waals surface area contributed by atoms with Crippen molar-refractivity contribution in [1.29, 1.82) is 0 Å². The maximum Gasteiger partial charge on any atom is 0.320 e. The van der Waals surface area contributed by atoms with E-state index in [1.54, 1.807) is 7.11 Å². The van der Waals surface area contributed by atoms with Crippen LogP contribution in [0.4, 0.5) is 0 Å². The Morgan fingerprint density at radius 1 is 1.21 bits per heavy atom. The summed E-state index contributed by atoms with van der Waals surface area (Å²) >= 11 is 0. The Bertz CT molecular complexity index is 768. The Hall–Kier alpha value is -2.48. The third-order valence-electron chi connectivity index (χ3n) is 5.43. The van der Waals surface area contributed by atoms with Crippen molar-refractivity contribution in [1.82, 2.24) is 25.5 Å². The average molecular weight is 387 g/mol. The first-order chi connectivity index (χ1) is 13.5. The van der Waals surface area contributed by atoms with Crippen molar-refractivity contribution < 1.29 is 14.6 Å². The number of carboxylic acid groups (broad SMARTS) is 1. The number of aromatic nitrogens is 4. The normalized spacial score (nSPS) is 17.4. The summed E-state index contributed by atoms with van der Waals surface area (Å²) in [5.74, 6) is 0.430. The summed E-state index contributed by atoms with van der Waals surface area (Å²) in [5.41, 5.74) is 0.902. The van der Waals surface area contributed by atoms with Gasteiger partial charge >= 0.3 is 5.97 Å². The van der Waals surface area contributed by atoms with Gasteiger partial charge in [0, 0.05) is 0 Å². The zero-order valence-electron chi connectivity index (χ0n) is 16.7. The highest BCUT2D eigenvalue weighted by Crippen LogP contribution is 2.31. The molecule has 1 aromatic heterocycles. The molecule has 0 aliphatic heterocycles. The highest BCUT2D eigenvalue weighted by atomic mass is 16.5. The van der Waals surface area contributed by atoms with Crippen LogP contribution in [0.3, 0.4) is 0 Å². The molecule has 1 saturated carbocycles. The maximum absolute atomic E-state index is 11.8. The van der Waals surface area contributed by atoms with Gasteiger partial charge in [-0.2, -0.15) is 0 Å². The zero-order valence-corrected chi connectivity index (χ0v) is 16.7. The predicted octanol–water partition coefficient (Wildman–Crippen LogP) is 2.98. The summed E-state index contributed by atoms with van der Waals surface area (Å²) in [6.45, 7) is 3.78. The number of rotatable bonds is 8. The molecule has 0 saturated heterocycles. The quantitative estimate of drug-likeness (QED) is 0.718. The average Bonchev–Trinajstić information content (AvgIpc) is 3.18. The second kappa shape index (κ2) is 9.14. The van der Waals surface area contributed by atoms with Crippen LogP contribution in [0.5, 0.6) is 5.75 Å². The molecule has 0 amide bonds. The molecular formula is C20H29N5O3. The van der Waals surface area contributed by atoms with Crippen LogP contribution in [-0.2, 0) is 4.79 Å². The molecule has 1 aliphatic carbocycles. The van der Waals surface area contributed by atoms with Gasteiger partial charge in [0.1, 0.15) is 11.8 Å². The number of methoxy groups -OCH3 is 1. The van der Waals surface area contributed by atoms with E-state index in [0.29, 0.717) is 5.82 Å². The fourth-order valence-corrected chi connectivity index (χ4v) is 3.82. The first-order valence-corrected chi connectivity index (χ1v) is 9.91. The number of hydrogen-bond donors (Lipinski definition) is 2. The van der Waals surface area contributed by atoms with E-state index in [0.717, 1.165) is 37.0 Å². The molecule has 0 spiro atoms. The summed E-state index contributed by atoms with van der Waals surface area (Å²) in [7, 11) is 1.62. The van der Waals surface area contributed by atoms with Gasteiger partial charge in [0.2, 0.25) is 0 Å². The molecule has 28 heavy (non-hydrogen) atoms. The van der Waals surface area contributed by atoms with Gasteiger partial charge in [-0.1, -0.05) is 45.2 Å². The first-order valence-electron chi connectivity index (χ1n) is 9.91. The molecule has 3 rings (SSSR count). The van der Waals surface area contributed by atoms with Crippen LogP contribution >= 0.6 is 0 Å². The van der Waals surface area contributed by atoms with Crippen LogP contribution in [0.15, 0.2) is 24.3 Å². The Labute approximate surface area is 165 Å². The van der Waals surface area contributed by atoms with Gasteiger partial charge < -0.3 is 9.84 Å². The highest BCUT2D eigenvalue weighted by molar-refractivity contribution is 5.73. The number of tetrazole rings is 1. The number of nitrogens with one attached hydrogen (secondary N) is 1. The number of carbonyl (C=O) groups is 1. The molecule has 2 N–H and O–H groups in total. The zero-order chi connectivity index (χ0) is 20.1. The fourth-order valence-electron chi connectivity index (χ4n) is 3.82. The molecule has 1 unspecified atom stereocenters. The van der Waals surface area contributed by atoms with E-state index in [-0.39, 0.29) is 12.0 Å². The predicted molar refractivity (Wildman–Crippen MR) is 104 cm³/mol. The Kier molecular flexibility index (Phi) is 6.61. The monoisotopic (exact) mass is 387 g/mol. The number of carboxylic acids is 1. The lowest BCUT2D eigenvalue weighted by atomic mass is 9.95. The molecule has 0 radical (unpaired) electrons. The molecule has 2 atom stereocenters. The van der Waals surface area contributed by atoms with Gasteiger partial charge in [-0.05, 0) is 46.9 Å². The third-order valence-corrected chi connectivity index (χ3v) is 5.43. The van der Waals surface area contributed by atoms with Crippen LogP contribution in [0, 0.1) is 5.92 Å². The van der Waals surface area contributed by atoms with E-state index >= 15 is 0 Å². The van der Waals surface area contributed by atoms with Crippen molar-refractivity contribution in [3.05, 3.63) is 35.7 Å². The van der Waals surface area contributed by atoms with Gasteiger partial charge in [0.25, 0.3) is 0 Å². The van der Waals surface area contributed by atoms with Gasteiger partial charge in [0.15, 0.2) is 5.82 Å². The number of benzene rings is 1. The van der Waals surface area contributed by atoms with Crippen LogP contribution < -0.4 is 10.1 Å². The third kappa shape index (κ3) is 4.49. The maximum atomic E-state index is 11.8. The van der Waals surface area contributed by atoms with E-state index in [4.69, 9.17) is 4.74 Å². The van der Waals surface area contributed by atoms with Crippen molar-refractivity contribution in [3.63, 3.8) is 0 Å². The minimum Gasteiger partial charge on any atom is -0.497 e. The van der Waals surface area contributed by atoms with E-state index in [1.807, 2.05) is 42.8 Å². The summed E-state index contributed by atoms with van der Waals surface area (Å²) in [6.07, 6.45) is 5.64. The molecule has 8 nitrogen and oxygen atoms in total. The van der Waals surface area contributed by atoms with Crippen molar-refractivity contribution >= 4 is 5.97 Å². The van der Waals surface area contributed by atoms with Gasteiger partial charge in [-0.25, -0.2) is 4.68 Å². The lowest BCUT2D eigenvalue weighted by Crippen LogP contribution is -2.44. The summed E-state index contributed by atoms with van der Waals surface area (Å²) in [6, 6.07) is 6.69. The van der Waals surface area contributed by atoms with Crippen molar-refractivity contribution in [2.75, 3.05) is 7.11 Å². The lowest BCUT2D eigenvalue weighted by Gasteiger charge is -2.28. The van der Waals surface area contributed by atoms with Crippen molar-refractivity contribution in [2.45, 2.75) is 64.1 Å². The van der Waals surface area contributed by atoms with E-state index in [1.165, 1.54) is 6.42 Å². The van der Waals surface area contributed by atoms with E-state index in [2.05, 4.69) is 20.8 Å². The van der Waals surface area contributed by atoms with Crippen LogP contribution in [-0.4, -0.2) is 44.4 Å². The minimum atomic E-state index is -0.884. The van der Waals surface area contributed by atoms with Crippen molar-refractivity contribution in [2.24, 2.45) is 5.92 Å². The Balaban J connectivity index is 1.98. The molecule has 8 heteroatoms. The fraction of sp³-hybridized carbons (Fsp3) is 0.600. The highest BCUT2D eigenvalue weighted by Gasteiger charge is 2.31. The first kappa shape index (κ1) is 20.3. The molecule has 1 aromatic carbocycles. The minimum absolute atomic E-state index is 0.0859. The molecule has 1 fully saturated rings. The number of nitrogens with zero attached hydrogens (tertiary/aromatic N) is 4. The molecule has 1 heterocycles. The number of aliphatic carboxylic acids is 1. The standard InChI is InChI=1S/C20H29N5O3/c1-13(2)17(20(26)27)21-18(14-9-11-16(28-3)12-10-14)19-22-23-24-25(19)15-7-5-4-6-8-15/h9-13,15,17-18,21H,4-8H2,1-3H3,(H,26,27)/t17-,18?/m0/s1. The lowest BCUT2D eigenvalue weighted by molar-refractivity contribution is -0.140. The van der Waals surface area contributed by atoms with Crippen LogP contribution in [0.2, 0.25) is 0 Å². The van der Waals surface area contributed by atoms with Crippen LogP contribution in [0.1, 0.15) is 69.4 Å². The number of hydrogen-bond acceptors (Lipinski definition) is 6. The molecule has 0 bridgehead atoms. The topological polar surface area (TPSA) is 102 Å². The second-order valence-corrected chi connectivity index (χ2v) is 7.71. The summed E-state index contributed by atoms with van der Waals surface area (Å²) < 4.78 is 7.15. The molecule has 1 aliphatic rings. The second-order valence-electron chi connectivity index (χ2n) is 7.71. The summed E-state index contributed by atoms with van der Waals surface area (Å²) in [4.78, 5) is 11.8. The van der Waals surface area contributed by atoms with Crippen LogP contribution in [0.25, 0.3) is 0 Å². The molecule has 152 valence electrons. The van der Waals surface area contributed by atoms with Crippen molar-refractivity contribution in [3.8, 4) is 5.75 Å². The van der Waals surface area contributed by atoms with Gasteiger partial charge in [-0.3, -0.25) is 10.1 Å². The Morgan fingerprint density at radius 2 is 1.89 bits per heavy atom. The van der Waals surface area contributed by atoms with E-state index in [9.17, 15) is 9.90 Å². The SMILES string of the molecule is COc1ccc(C(N[C@H](C(=O)O)C(C)C)c2nnnn2C2CCCCC2)cc1. The van der Waals surface area contributed by atoms with Gasteiger partial charge in [-0.15, -0.1) is 5.10 Å². The smallest absolute Gasteiger partial charge is 0.320 e. The molecular weight excluding hydrogens is 358 g/mol. The van der Waals surface area contributed by atoms with Gasteiger partial charge in [0.05, 0.1) is 19.2 Å². The summed E-state index contributed by atoms with van der Waals surface area (Å²) in [5, 5.41) is 25.5. The Morgan fingerprint density at radius 3 is 2.46 bits per heavy atom.